The van der Waals surface area contributed by atoms with Gasteiger partial charge in [-0.25, -0.2) is 4.57 Å². The molecule has 0 heterocycles. The van der Waals surface area contributed by atoms with Crippen LogP contribution in [-0.4, -0.2) is 14.7 Å². The van der Waals surface area contributed by atoms with Crippen LogP contribution in [0.2, 0.25) is 0 Å². The number of phosphoric acid groups is 1. The van der Waals surface area contributed by atoms with Crippen LogP contribution in [0.25, 0.3) is 0 Å². The highest BCUT2D eigenvalue weighted by molar-refractivity contribution is 7.59. The van der Waals surface area contributed by atoms with Crippen LogP contribution >= 0.6 is 21.3 Å². The zero-order chi connectivity index (χ0) is 4.50. The summed E-state index contributed by atoms with van der Waals surface area (Å²) in [6.45, 7) is 0. The zero-order valence-corrected chi connectivity index (χ0v) is 4.59. The van der Waals surface area contributed by atoms with Gasteiger partial charge in [-0.3, -0.25) is 0 Å². The minimum atomic E-state index is -4.64. The molecule has 4 nitrogen and oxygen atoms in total. The summed E-state index contributed by atoms with van der Waals surface area (Å²) in [7, 11) is -4.64. The van der Waals surface area contributed by atoms with E-state index in [1.165, 1.54) is 0 Å². The third kappa shape index (κ3) is 252. The second-order valence-electron chi connectivity index (χ2n) is 0.513. The monoisotopic (exact) mass is 132 g/mol. The molecule has 0 aliphatic carbocycles. The lowest BCUT2D eigenvalue weighted by molar-refractivity contribution is 0.275. The van der Waals surface area contributed by atoms with Gasteiger partial charge in [-0.15, -0.1) is 0 Å². The Morgan fingerprint density at radius 1 is 1.17 bits per heavy atom. The van der Waals surface area contributed by atoms with Crippen LogP contribution in [0.4, 0.5) is 0 Å². The van der Waals surface area contributed by atoms with Crippen LogP contribution in [-0.2, 0) is 4.57 Å². The molecule has 6 heteroatoms. The average Bonchev–Trinajstić information content (AvgIpc) is 0.722. The topological polar surface area (TPSA) is 77.8 Å². The molecule has 0 unspecified atom stereocenters. The fourth-order valence-corrected chi connectivity index (χ4v) is 0. The normalized spacial score (nSPS) is 9.83. The number of hydrogen-bond donors (Lipinski definition) is 3. The molecule has 0 aliphatic heterocycles. The summed E-state index contributed by atoms with van der Waals surface area (Å²) in [4.78, 5) is 21.6. The molecule has 0 aromatic heterocycles. The van der Waals surface area contributed by atoms with Crippen LogP contribution in [0.1, 0.15) is 0 Å². The summed E-state index contributed by atoms with van der Waals surface area (Å²) in [5, 5.41) is 0. The molecular weight excluding hydrogens is 127 g/mol. The molecule has 0 aromatic carbocycles. The molecule has 0 aromatic rings. The van der Waals surface area contributed by atoms with Crippen molar-refractivity contribution in [2.75, 3.05) is 0 Å². The molecule has 0 radical (unpaired) electrons. The smallest absolute Gasteiger partial charge is 0.303 e. The van der Waals surface area contributed by atoms with E-state index in [9.17, 15) is 0 Å². The third-order valence-electron chi connectivity index (χ3n) is 0. The average molecular weight is 132 g/mol. The van der Waals surface area contributed by atoms with Crippen molar-refractivity contribution < 1.29 is 19.2 Å². The minimum Gasteiger partial charge on any atom is -0.303 e. The third-order valence-corrected chi connectivity index (χ3v) is 0. The first-order chi connectivity index (χ1) is 2.00. The summed E-state index contributed by atoms with van der Waals surface area (Å²) in [5.41, 5.74) is 0. The van der Waals surface area contributed by atoms with Crippen molar-refractivity contribution in [3.05, 3.63) is 0 Å². The first-order valence-electron chi connectivity index (χ1n) is 0.783. The lowest BCUT2D eigenvalue weighted by atomic mass is 15.8. The van der Waals surface area contributed by atoms with Gasteiger partial charge < -0.3 is 14.7 Å². The summed E-state index contributed by atoms with van der Waals surface area (Å²) in [6.07, 6.45) is 0. The summed E-state index contributed by atoms with van der Waals surface area (Å²) < 4.78 is 8.88. The highest BCUT2D eigenvalue weighted by Crippen LogP contribution is 2.25. The van der Waals surface area contributed by atoms with Gasteiger partial charge in [-0.1, -0.05) is 0 Å². The Hall–Kier alpha value is 0.460. The quantitative estimate of drug-likeness (QED) is 0.376. The molecule has 0 amide bonds. The number of rotatable bonds is 0. The molecule has 0 bridgehead atoms. The highest BCUT2D eigenvalue weighted by Gasteiger charge is 2.00. The van der Waals surface area contributed by atoms with E-state index in [4.69, 9.17) is 19.2 Å². The van der Waals surface area contributed by atoms with E-state index in [1.54, 1.807) is 0 Å². The molecule has 0 rings (SSSR count). The molecule has 3 N–H and O–H groups in total. The molecule has 6 heavy (non-hydrogen) atoms. The Morgan fingerprint density at radius 2 is 1.17 bits per heavy atom. The molecular formula is H5O4PS. The van der Waals surface area contributed by atoms with Gasteiger partial charge in [0.25, 0.3) is 0 Å². The van der Waals surface area contributed by atoms with E-state index in [0.29, 0.717) is 0 Å². The van der Waals surface area contributed by atoms with Crippen LogP contribution in [0.3, 0.4) is 0 Å². The molecule has 0 fully saturated rings. The van der Waals surface area contributed by atoms with E-state index < -0.39 is 7.82 Å². The van der Waals surface area contributed by atoms with Gasteiger partial charge in [-0.2, -0.15) is 13.5 Å². The molecule has 0 aliphatic rings. The van der Waals surface area contributed by atoms with Crippen molar-refractivity contribution in [1.82, 2.24) is 0 Å². The van der Waals surface area contributed by atoms with E-state index in [2.05, 4.69) is 0 Å². The van der Waals surface area contributed by atoms with Gasteiger partial charge in [0.05, 0.1) is 0 Å². The Bertz CT molecular complexity index is 53.7. The first-order valence-corrected chi connectivity index (χ1v) is 2.35. The van der Waals surface area contributed by atoms with Crippen LogP contribution in [0.15, 0.2) is 0 Å². The SMILES string of the molecule is O=P(O)(O)O.S. The molecule has 0 spiro atoms. The van der Waals surface area contributed by atoms with E-state index in [-0.39, 0.29) is 13.5 Å². The highest BCUT2D eigenvalue weighted by atomic mass is 32.1. The predicted octanol–water partition coefficient (Wildman–Crippen LogP) is -0.816. The Morgan fingerprint density at radius 3 is 1.17 bits per heavy atom. The van der Waals surface area contributed by atoms with Gasteiger partial charge in [-0.05, 0) is 0 Å². The van der Waals surface area contributed by atoms with Gasteiger partial charge >= 0.3 is 7.82 Å². The lowest BCUT2D eigenvalue weighted by Gasteiger charge is -1.82. The van der Waals surface area contributed by atoms with E-state index in [1.807, 2.05) is 0 Å². The van der Waals surface area contributed by atoms with Crippen molar-refractivity contribution in [1.29, 1.82) is 0 Å². The second kappa shape index (κ2) is 2.60. The maximum Gasteiger partial charge on any atom is 0.466 e. The fourth-order valence-electron chi connectivity index (χ4n) is 0. The predicted molar refractivity (Wildman–Crippen MR) is 24.6 cm³/mol. The first kappa shape index (κ1) is 9.68. The Kier molecular flexibility index (Phi) is 4.20. The van der Waals surface area contributed by atoms with Crippen LogP contribution in [0, 0.1) is 0 Å². The van der Waals surface area contributed by atoms with Crippen molar-refractivity contribution in [2.45, 2.75) is 0 Å². The van der Waals surface area contributed by atoms with E-state index >= 15 is 0 Å². The maximum atomic E-state index is 8.88. The van der Waals surface area contributed by atoms with Crippen molar-refractivity contribution in [3.63, 3.8) is 0 Å². The molecule has 40 valence electrons. The van der Waals surface area contributed by atoms with Crippen molar-refractivity contribution in [2.24, 2.45) is 0 Å². The zero-order valence-electron chi connectivity index (χ0n) is 2.70. The second-order valence-corrected chi connectivity index (χ2v) is 1.54. The van der Waals surface area contributed by atoms with Crippen molar-refractivity contribution in [3.8, 4) is 0 Å². The molecule has 0 saturated carbocycles. The van der Waals surface area contributed by atoms with Crippen molar-refractivity contribution >= 4 is 21.3 Å². The Balaban J connectivity index is 0. The van der Waals surface area contributed by atoms with E-state index in [0.717, 1.165) is 0 Å². The van der Waals surface area contributed by atoms with Crippen LogP contribution < -0.4 is 0 Å². The summed E-state index contributed by atoms with van der Waals surface area (Å²) >= 11 is 0. The van der Waals surface area contributed by atoms with Gasteiger partial charge in [0.15, 0.2) is 0 Å². The summed E-state index contributed by atoms with van der Waals surface area (Å²) in [6, 6.07) is 0. The summed E-state index contributed by atoms with van der Waals surface area (Å²) in [5.74, 6) is 0. The molecule has 0 saturated heterocycles. The Labute approximate surface area is 41.5 Å². The molecule has 0 atom stereocenters. The van der Waals surface area contributed by atoms with Gasteiger partial charge in [0, 0.05) is 0 Å². The maximum absolute atomic E-state index is 8.88. The minimum absolute atomic E-state index is 0. The lowest BCUT2D eigenvalue weighted by Crippen LogP contribution is -1.66. The largest absolute Gasteiger partial charge is 0.466 e. The van der Waals surface area contributed by atoms with Gasteiger partial charge in [0.2, 0.25) is 0 Å². The fraction of sp³-hybridized carbons (Fsp3) is 0. The standard InChI is InChI=1S/H3O4P.H2S/c1-5(2,3)4;/h(H3,1,2,3,4);1H2. The van der Waals surface area contributed by atoms with Crippen LogP contribution in [0.5, 0.6) is 0 Å². The van der Waals surface area contributed by atoms with Gasteiger partial charge in [0.1, 0.15) is 0 Å². The number of hydrogen-bond acceptors (Lipinski definition) is 1.